The summed E-state index contributed by atoms with van der Waals surface area (Å²) in [5.74, 6) is 0.620. The van der Waals surface area contributed by atoms with E-state index in [4.69, 9.17) is 0 Å². The fourth-order valence-corrected chi connectivity index (χ4v) is 2.31. The molecule has 23 heavy (non-hydrogen) atoms. The minimum atomic E-state index is -0.148. The topological polar surface area (TPSA) is 39.7 Å². The number of hydrogen-bond donors (Lipinski definition) is 2. The van der Waals surface area contributed by atoms with E-state index in [0.717, 1.165) is 37.7 Å². The average molecular weight is 436 g/mol. The Morgan fingerprint density at radius 3 is 2.43 bits per heavy atom. The molecule has 0 aliphatic heterocycles. The third-order valence-electron chi connectivity index (χ3n) is 3.58. The quantitative estimate of drug-likeness (QED) is 0.355. The van der Waals surface area contributed by atoms with Crippen LogP contribution in [0.4, 0.5) is 4.39 Å². The summed E-state index contributed by atoms with van der Waals surface area (Å²) in [5, 5.41) is 6.52. The fourth-order valence-electron chi connectivity index (χ4n) is 2.31. The third-order valence-corrected chi connectivity index (χ3v) is 3.58. The van der Waals surface area contributed by atoms with E-state index in [1.54, 1.807) is 13.1 Å². The lowest BCUT2D eigenvalue weighted by atomic mass is 10.1. The number of nitrogens with zero attached hydrogens (tertiary/aromatic N) is 2. The molecule has 0 aliphatic rings. The van der Waals surface area contributed by atoms with Gasteiger partial charge in [-0.1, -0.05) is 32.0 Å². The Bertz CT molecular complexity index is 454. The molecular formula is C17H30FIN4. The van der Waals surface area contributed by atoms with E-state index >= 15 is 0 Å². The van der Waals surface area contributed by atoms with E-state index in [1.165, 1.54) is 12.5 Å². The van der Waals surface area contributed by atoms with Crippen LogP contribution in [0.1, 0.15) is 25.8 Å². The molecule has 0 saturated heterocycles. The van der Waals surface area contributed by atoms with Gasteiger partial charge in [0.15, 0.2) is 5.96 Å². The van der Waals surface area contributed by atoms with Crippen LogP contribution in [-0.2, 0) is 6.42 Å². The van der Waals surface area contributed by atoms with Gasteiger partial charge in [0.25, 0.3) is 0 Å². The van der Waals surface area contributed by atoms with E-state index in [2.05, 4.69) is 34.4 Å². The van der Waals surface area contributed by atoms with Crippen LogP contribution in [0.5, 0.6) is 0 Å². The van der Waals surface area contributed by atoms with Crippen LogP contribution < -0.4 is 10.6 Å². The molecule has 1 rings (SSSR count). The van der Waals surface area contributed by atoms with Crippen molar-refractivity contribution in [3.63, 3.8) is 0 Å². The third kappa shape index (κ3) is 9.10. The Morgan fingerprint density at radius 1 is 1.13 bits per heavy atom. The molecule has 0 aliphatic carbocycles. The zero-order chi connectivity index (χ0) is 16.2. The van der Waals surface area contributed by atoms with Gasteiger partial charge in [0, 0.05) is 26.7 Å². The number of benzene rings is 1. The summed E-state index contributed by atoms with van der Waals surface area (Å²) >= 11 is 0. The van der Waals surface area contributed by atoms with Crippen LogP contribution >= 0.6 is 24.0 Å². The number of likely N-dealkylation sites (N-methyl/N-ethyl adjacent to an activating group) is 1. The van der Waals surface area contributed by atoms with Crippen molar-refractivity contribution < 1.29 is 4.39 Å². The van der Waals surface area contributed by atoms with E-state index in [0.29, 0.717) is 13.0 Å². The summed E-state index contributed by atoms with van der Waals surface area (Å²) in [6.07, 6.45) is 1.81. The molecule has 132 valence electrons. The molecule has 0 saturated carbocycles. The van der Waals surface area contributed by atoms with E-state index in [-0.39, 0.29) is 29.8 Å². The van der Waals surface area contributed by atoms with Gasteiger partial charge in [0.05, 0.1) is 0 Å². The van der Waals surface area contributed by atoms with Gasteiger partial charge in [-0.05, 0) is 37.6 Å². The molecule has 6 heteroatoms. The molecule has 1 aromatic carbocycles. The molecule has 4 nitrogen and oxygen atoms in total. The highest BCUT2D eigenvalue weighted by molar-refractivity contribution is 14.0. The van der Waals surface area contributed by atoms with E-state index in [9.17, 15) is 4.39 Å². The minimum absolute atomic E-state index is 0. The average Bonchev–Trinajstić information content (AvgIpc) is 2.54. The molecule has 0 bridgehead atoms. The maximum absolute atomic E-state index is 13.5. The maximum Gasteiger partial charge on any atom is 0.191 e. The van der Waals surface area contributed by atoms with Crippen molar-refractivity contribution in [1.82, 2.24) is 15.5 Å². The maximum atomic E-state index is 13.5. The van der Waals surface area contributed by atoms with Crippen molar-refractivity contribution in [2.75, 3.05) is 39.8 Å². The summed E-state index contributed by atoms with van der Waals surface area (Å²) in [6, 6.07) is 6.88. The molecule has 0 radical (unpaired) electrons. The van der Waals surface area contributed by atoms with Gasteiger partial charge in [-0.25, -0.2) is 4.39 Å². The van der Waals surface area contributed by atoms with Crippen LogP contribution in [0.15, 0.2) is 29.3 Å². The Morgan fingerprint density at radius 2 is 1.83 bits per heavy atom. The summed E-state index contributed by atoms with van der Waals surface area (Å²) in [6.45, 7) is 9.07. The first kappa shape index (κ1) is 22.1. The van der Waals surface area contributed by atoms with Crippen LogP contribution in [-0.4, -0.2) is 50.6 Å². The van der Waals surface area contributed by atoms with Gasteiger partial charge >= 0.3 is 0 Å². The molecule has 1 aromatic rings. The van der Waals surface area contributed by atoms with Gasteiger partial charge in [-0.15, -0.1) is 24.0 Å². The minimum Gasteiger partial charge on any atom is -0.356 e. The highest BCUT2D eigenvalue weighted by Gasteiger charge is 2.03. The number of halogens is 2. The summed E-state index contributed by atoms with van der Waals surface area (Å²) in [7, 11) is 1.75. The molecule has 0 aromatic heterocycles. The van der Waals surface area contributed by atoms with Crippen LogP contribution in [0.2, 0.25) is 0 Å². The Balaban J connectivity index is 0.00000484. The monoisotopic (exact) mass is 436 g/mol. The lowest BCUT2D eigenvalue weighted by molar-refractivity contribution is 0.293. The number of aliphatic imine (C=N–C) groups is 1. The molecule has 0 amide bonds. The second-order valence-electron chi connectivity index (χ2n) is 5.20. The van der Waals surface area contributed by atoms with Gasteiger partial charge in [0.1, 0.15) is 5.82 Å². The summed E-state index contributed by atoms with van der Waals surface area (Å²) in [5.41, 5.74) is 0.727. The first-order valence-electron chi connectivity index (χ1n) is 8.11. The van der Waals surface area contributed by atoms with Gasteiger partial charge in [-0.3, -0.25) is 4.99 Å². The second-order valence-corrected chi connectivity index (χ2v) is 5.20. The van der Waals surface area contributed by atoms with E-state index in [1.807, 2.05) is 12.1 Å². The lowest BCUT2D eigenvalue weighted by Gasteiger charge is -2.20. The zero-order valence-corrected chi connectivity index (χ0v) is 16.8. The van der Waals surface area contributed by atoms with Crippen molar-refractivity contribution in [2.45, 2.75) is 26.7 Å². The molecule has 2 N–H and O–H groups in total. The number of rotatable bonds is 9. The highest BCUT2D eigenvalue weighted by atomic mass is 127. The number of guanidine groups is 1. The van der Waals surface area contributed by atoms with E-state index < -0.39 is 0 Å². The molecule has 0 fully saturated rings. The first-order valence-corrected chi connectivity index (χ1v) is 8.11. The van der Waals surface area contributed by atoms with Crippen LogP contribution in [0, 0.1) is 5.82 Å². The summed E-state index contributed by atoms with van der Waals surface area (Å²) in [4.78, 5) is 6.59. The molecule has 0 spiro atoms. The molecule has 0 unspecified atom stereocenters. The smallest absolute Gasteiger partial charge is 0.191 e. The lowest BCUT2D eigenvalue weighted by Crippen LogP contribution is -2.42. The molecular weight excluding hydrogens is 406 g/mol. The van der Waals surface area contributed by atoms with Crippen molar-refractivity contribution in [2.24, 2.45) is 4.99 Å². The zero-order valence-electron chi connectivity index (χ0n) is 14.4. The molecule has 0 heterocycles. The predicted octanol–water partition coefficient (Wildman–Crippen LogP) is 2.88. The van der Waals surface area contributed by atoms with Crippen LogP contribution in [0.3, 0.4) is 0 Å². The number of hydrogen-bond acceptors (Lipinski definition) is 2. The number of nitrogens with one attached hydrogen (secondary N) is 2. The van der Waals surface area contributed by atoms with Gasteiger partial charge in [-0.2, -0.15) is 0 Å². The van der Waals surface area contributed by atoms with Crippen molar-refractivity contribution in [1.29, 1.82) is 0 Å². The van der Waals surface area contributed by atoms with Gasteiger partial charge < -0.3 is 15.5 Å². The molecule has 0 atom stereocenters. The van der Waals surface area contributed by atoms with Crippen LogP contribution in [0.25, 0.3) is 0 Å². The largest absolute Gasteiger partial charge is 0.356 e. The first-order chi connectivity index (χ1) is 10.7. The van der Waals surface area contributed by atoms with Crippen molar-refractivity contribution in [3.8, 4) is 0 Å². The SMILES string of the molecule is CCCN(CC)CCNC(=NC)NCCc1ccccc1F.I. The summed E-state index contributed by atoms with van der Waals surface area (Å²) < 4.78 is 13.5. The Hall–Kier alpha value is -0.890. The fraction of sp³-hybridized carbons (Fsp3) is 0.588. The Kier molecular flexibility index (Phi) is 13.0. The van der Waals surface area contributed by atoms with Crippen molar-refractivity contribution >= 4 is 29.9 Å². The van der Waals surface area contributed by atoms with Gasteiger partial charge in [0.2, 0.25) is 0 Å². The Labute approximate surface area is 157 Å². The standard InChI is InChI=1S/C17H29FN4.HI/c1-4-13-22(5-2)14-12-21-17(19-3)20-11-10-15-8-6-7-9-16(15)18;/h6-9H,4-5,10-14H2,1-3H3,(H2,19,20,21);1H. The highest BCUT2D eigenvalue weighted by Crippen LogP contribution is 2.05. The predicted molar refractivity (Wildman–Crippen MR) is 107 cm³/mol. The normalized spacial score (nSPS) is 11.3. The van der Waals surface area contributed by atoms with Crippen molar-refractivity contribution in [3.05, 3.63) is 35.6 Å². The second kappa shape index (κ2) is 13.5.